The average Bonchev–Trinajstić information content (AvgIpc) is 2.67. The highest BCUT2D eigenvalue weighted by molar-refractivity contribution is 5.44. The van der Waals surface area contributed by atoms with Gasteiger partial charge in [0.2, 0.25) is 0 Å². The molecule has 4 aliphatic rings. The van der Waals surface area contributed by atoms with E-state index in [0.29, 0.717) is 5.41 Å². The van der Waals surface area contributed by atoms with Gasteiger partial charge in [-0.05, 0) is 52.9 Å². The molecule has 3 fully saturated rings. The van der Waals surface area contributed by atoms with Gasteiger partial charge in [-0.3, -0.25) is 0 Å². The van der Waals surface area contributed by atoms with Crippen LogP contribution >= 0.6 is 0 Å². The first-order valence-electron chi connectivity index (χ1n) is 7.05. The summed E-state index contributed by atoms with van der Waals surface area (Å²) in [6.45, 7) is 2.52. The fourth-order valence-corrected chi connectivity index (χ4v) is 5.81. The van der Waals surface area contributed by atoms with E-state index in [0.717, 1.165) is 35.5 Å². The lowest BCUT2D eigenvalue weighted by Gasteiger charge is -2.36. The minimum Gasteiger partial charge on any atom is -0.0848 e. The molecule has 0 heterocycles. The summed E-state index contributed by atoms with van der Waals surface area (Å²) in [6.07, 6.45) is 6.52. The van der Waals surface area contributed by atoms with Crippen LogP contribution in [0.5, 0.6) is 0 Å². The molecule has 2 bridgehead atoms. The highest BCUT2D eigenvalue weighted by atomic mass is 14.8. The Labute approximate surface area is 103 Å². The second-order valence-electron chi connectivity index (χ2n) is 6.80. The smallest absolute Gasteiger partial charge is 0.000676 e. The van der Waals surface area contributed by atoms with E-state index in [1.807, 2.05) is 0 Å². The average molecular weight is 222 g/mol. The van der Waals surface area contributed by atoms with Gasteiger partial charge in [-0.15, -0.1) is 0 Å². The van der Waals surface area contributed by atoms with Crippen molar-refractivity contribution in [3.63, 3.8) is 0 Å². The highest BCUT2D eigenvalue weighted by Gasteiger charge is 2.80. The lowest BCUT2D eigenvalue weighted by molar-refractivity contribution is 0.140. The van der Waals surface area contributed by atoms with E-state index in [2.05, 4.69) is 49.4 Å². The Hall–Kier alpha value is -1.04. The quantitative estimate of drug-likeness (QED) is 0.636. The van der Waals surface area contributed by atoms with Crippen molar-refractivity contribution < 1.29 is 0 Å². The van der Waals surface area contributed by atoms with Gasteiger partial charge in [0.25, 0.3) is 0 Å². The standard InChI is InChI=1S/C17H18/c1-17(12-5-3-2-4-6-12)15-13-10-7-8-11(9-10)14(13)16(15)17/h2-8,10-11,13-16H,9H2,1H3. The number of allylic oxidation sites excluding steroid dienone is 2. The number of fused-ring (bicyclic) bond motifs is 8. The van der Waals surface area contributed by atoms with Crippen LogP contribution in [-0.2, 0) is 5.41 Å². The van der Waals surface area contributed by atoms with Crippen molar-refractivity contribution in [1.82, 2.24) is 0 Å². The molecule has 0 N–H and O–H groups in total. The molecule has 6 unspecified atom stereocenters. The molecule has 1 aromatic rings. The fraction of sp³-hybridized carbons (Fsp3) is 0.529. The molecule has 0 nitrogen and oxygen atoms in total. The first kappa shape index (κ1) is 8.97. The molecule has 3 saturated carbocycles. The van der Waals surface area contributed by atoms with Gasteiger partial charge >= 0.3 is 0 Å². The fourth-order valence-electron chi connectivity index (χ4n) is 5.81. The molecule has 0 spiro atoms. The molecule has 86 valence electrons. The van der Waals surface area contributed by atoms with Crippen LogP contribution in [0.2, 0.25) is 0 Å². The summed E-state index contributed by atoms with van der Waals surface area (Å²) in [4.78, 5) is 0. The minimum atomic E-state index is 0.527. The molecular formula is C17H18. The van der Waals surface area contributed by atoms with Crippen molar-refractivity contribution in [2.75, 3.05) is 0 Å². The van der Waals surface area contributed by atoms with Crippen LogP contribution in [-0.4, -0.2) is 0 Å². The summed E-state index contributed by atoms with van der Waals surface area (Å²) in [5.74, 6) is 5.98. The van der Waals surface area contributed by atoms with Gasteiger partial charge < -0.3 is 0 Å². The van der Waals surface area contributed by atoms with Gasteiger partial charge in [-0.2, -0.15) is 0 Å². The van der Waals surface area contributed by atoms with E-state index in [1.54, 1.807) is 5.56 Å². The molecule has 17 heavy (non-hydrogen) atoms. The predicted molar refractivity (Wildman–Crippen MR) is 68.5 cm³/mol. The van der Waals surface area contributed by atoms with E-state index in [-0.39, 0.29) is 0 Å². The van der Waals surface area contributed by atoms with Crippen molar-refractivity contribution in [2.45, 2.75) is 18.8 Å². The molecule has 0 aromatic heterocycles. The summed E-state index contributed by atoms with van der Waals surface area (Å²) in [5, 5.41) is 0. The summed E-state index contributed by atoms with van der Waals surface area (Å²) < 4.78 is 0. The lowest BCUT2D eigenvalue weighted by Crippen LogP contribution is -2.32. The van der Waals surface area contributed by atoms with E-state index in [1.165, 1.54) is 6.42 Å². The van der Waals surface area contributed by atoms with Gasteiger partial charge in [0, 0.05) is 0 Å². The maximum Gasteiger partial charge on any atom is -0.000676 e. The van der Waals surface area contributed by atoms with Crippen molar-refractivity contribution >= 4 is 0 Å². The summed E-state index contributed by atoms with van der Waals surface area (Å²) in [7, 11) is 0. The Morgan fingerprint density at radius 1 is 0.941 bits per heavy atom. The molecular weight excluding hydrogens is 204 g/mol. The van der Waals surface area contributed by atoms with Crippen LogP contribution in [0, 0.1) is 35.5 Å². The zero-order chi connectivity index (χ0) is 11.2. The topological polar surface area (TPSA) is 0 Å². The lowest BCUT2D eigenvalue weighted by atomic mass is 9.68. The molecule has 0 aliphatic heterocycles. The third kappa shape index (κ3) is 0.802. The Kier molecular flexibility index (Phi) is 1.33. The third-order valence-electron chi connectivity index (χ3n) is 6.47. The van der Waals surface area contributed by atoms with Crippen molar-refractivity contribution in [3.8, 4) is 0 Å². The second kappa shape index (κ2) is 2.53. The van der Waals surface area contributed by atoms with Crippen LogP contribution < -0.4 is 0 Å². The van der Waals surface area contributed by atoms with Crippen LogP contribution in [0.3, 0.4) is 0 Å². The first-order valence-corrected chi connectivity index (χ1v) is 7.05. The number of rotatable bonds is 1. The molecule has 0 heteroatoms. The van der Waals surface area contributed by atoms with E-state index in [9.17, 15) is 0 Å². The first-order chi connectivity index (χ1) is 8.32. The summed E-state index contributed by atoms with van der Waals surface area (Å²) >= 11 is 0. The Bertz CT molecular complexity index is 488. The number of hydrogen-bond acceptors (Lipinski definition) is 0. The highest BCUT2D eigenvalue weighted by Crippen LogP contribution is 2.83. The van der Waals surface area contributed by atoms with Gasteiger partial charge in [-0.25, -0.2) is 0 Å². The van der Waals surface area contributed by atoms with Gasteiger partial charge in [0.15, 0.2) is 0 Å². The van der Waals surface area contributed by atoms with Crippen LogP contribution in [0.15, 0.2) is 42.5 Å². The maximum atomic E-state index is 2.52. The summed E-state index contributed by atoms with van der Waals surface area (Å²) in [6, 6.07) is 11.3. The minimum absolute atomic E-state index is 0.527. The second-order valence-corrected chi connectivity index (χ2v) is 6.80. The SMILES string of the molecule is CC1(c2ccccc2)C2C3C4C=CC(C4)C3C21. The van der Waals surface area contributed by atoms with Gasteiger partial charge in [0.1, 0.15) is 0 Å². The van der Waals surface area contributed by atoms with Crippen LogP contribution in [0.25, 0.3) is 0 Å². The Morgan fingerprint density at radius 2 is 1.53 bits per heavy atom. The largest absolute Gasteiger partial charge is 0.0848 e. The zero-order valence-corrected chi connectivity index (χ0v) is 10.2. The number of hydrogen-bond donors (Lipinski definition) is 0. The third-order valence-corrected chi connectivity index (χ3v) is 6.47. The Morgan fingerprint density at radius 3 is 2.12 bits per heavy atom. The predicted octanol–water partition coefficient (Wildman–Crippen LogP) is 3.64. The molecule has 0 radical (unpaired) electrons. The molecule has 0 amide bonds. The van der Waals surface area contributed by atoms with Gasteiger partial charge in [-0.1, -0.05) is 49.4 Å². The number of benzene rings is 1. The monoisotopic (exact) mass is 222 g/mol. The zero-order valence-electron chi connectivity index (χ0n) is 10.2. The van der Waals surface area contributed by atoms with Crippen molar-refractivity contribution in [2.24, 2.45) is 35.5 Å². The van der Waals surface area contributed by atoms with Crippen molar-refractivity contribution in [1.29, 1.82) is 0 Å². The molecule has 4 aliphatic carbocycles. The van der Waals surface area contributed by atoms with E-state index in [4.69, 9.17) is 0 Å². The van der Waals surface area contributed by atoms with Crippen LogP contribution in [0.1, 0.15) is 18.9 Å². The maximum absolute atomic E-state index is 2.52. The van der Waals surface area contributed by atoms with E-state index >= 15 is 0 Å². The normalized spacial score (nSPS) is 56.3. The molecule has 6 atom stereocenters. The molecule has 1 aromatic carbocycles. The van der Waals surface area contributed by atoms with Gasteiger partial charge in [0.05, 0.1) is 0 Å². The molecule has 5 rings (SSSR count). The Balaban J connectivity index is 1.56. The van der Waals surface area contributed by atoms with Crippen LogP contribution in [0.4, 0.5) is 0 Å². The summed E-state index contributed by atoms with van der Waals surface area (Å²) in [5.41, 5.74) is 2.13. The van der Waals surface area contributed by atoms with E-state index < -0.39 is 0 Å². The van der Waals surface area contributed by atoms with Crippen molar-refractivity contribution in [3.05, 3.63) is 48.0 Å². The molecule has 0 saturated heterocycles.